The molecule has 0 N–H and O–H groups in total. The SMILES string of the molecule is COc1cc(C(=O)c2csc(-c3cc(OC)c(OC)c(OC)c3)n2)cc(OC)c1OC. The summed E-state index contributed by atoms with van der Waals surface area (Å²) in [5, 5.41) is 2.33. The van der Waals surface area contributed by atoms with Crippen LogP contribution in [-0.4, -0.2) is 53.4 Å². The maximum Gasteiger partial charge on any atom is 0.212 e. The number of hydrogen-bond donors (Lipinski definition) is 0. The predicted molar refractivity (Wildman–Crippen MR) is 117 cm³/mol. The highest BCUT2D eigenvalue weighted by atomic mass is 32.1. The number of thiazole rings is 1. The summed E-state index contributed by atoms with van der Waals surface area (Å²) in [7, 11) is 9.13. The lowest BCUT2D eigenvalue weighted by atomic mass is 10.1. The van der Waals surface area contributed by atoms with Gasteiger partial charge in [0.2, 0.25) is 17.3 Å². The zero-order chi connectivity index (χ0) is 22.5. The first-order valence-electron chi connectivity index (χ1n) is 9.11. The second kappa shape index (κ2) is 9.57. The van der Waals surface area contributed by atoms with E-state index in [-0.39, 0.29) is 5.78 Å². The van der Waals surface area contributed by atoms with Gasteiger partial charge in [-0.05, 0) is 24.3 Å². The van der Waals surface area contributed by atoms with Crippen LogP contribution in [0.4, 0.5) is 0 Å². The number of hydrogen-bond acceptors (Lipinski definition) is 9. The normalized spacial score (nSPS) is 10.4. The van der Waals surface area contributed by atoms with E-state index < -0.39 is 0 Å². The van der Waals surface area contributed by atoms with Crippen molar-refractivity contribution in [2.24, 2.45) is 0 Å². The molecule has 1 aromatic heterocycles. The summed E-state index contributed by atoms with van der Waals surface area (Å²) in [6.45, 7) is 0. The molecule has 0 aliphatic heterocycles. The van der Waals surface area contributed by atoms with E-state index in [0.717, 1.165) is 5.56 Å². The van der Waals surface area contributed by atoms with Crippen LogP contribution in [0.5, 0.6) is 34.5 Å². The fourth-order valence-electron chi connectivity index (χ4n) is 3.08. The Kier molecular flexibility index (Phi) is 6.86. The number of aromatic nitrogens is 1. The maximum atomic E-state index is 13.1. The molecule has 0 aliphatic rings. The molecule has 0 unspecified atom stereocenters. The number of ketones is 1. The maximum absolute atomic E-state index is 13.1. The Morgan fingerprint density at radius 2 is 1.16 bits per heavy atom. The lowest BCUT2D eigenvalue weighted by Gasteiger charge is -2.13. The molecule has 3 rings (SSSR count). The molecule has 0 saturated heterocycles. The largest absolute Gasteiger partial charge is 0.493 e. The second-order valence-electron chi connectivity index (χ2n) is 6.20. The van der Waals surface area contributed by atoms with Crippen LogP contribution in [0, 0.1) is 0 Å². The fraction of sp³-hybridized carbons (Fsp3) is 0.273. The van der Waals surface area contributed by atoms with E-state index in [2.05, 4.69) is 4.98 Å². The first-order valence-corrected chi connectivity index (χ1v) is 9.99. The smallest absolute Gasteiger partial charge is 0.212 e. The molecule has 0 atom stereocenters. The number of benzene rings is 2. The third-order valence-electron chi connectivity index (χ3n) is 4.58. The molecule has 1 heterocycles. The fourth-order valence-corrected chi connectivity index (χ4v) is 3.86. The summed E-state index contributed by atoms with van der Waals surface area (Å²) in [5.41, 5.74) is 1.41. The van der Waals surface area contributed by atoms with Gasteiger partial charge in [0.05, 0.1) is 42.7 Å². The average Bonchev–Trinajstić information content (AvgIpc) is 3.31. The summed E-state index contributed by atoms with van der Waals surface area (Å²) >= 11 is 1.33. The number of carbonyl (C=O) groups is 1. The Balaban J connectivity index is 2.01. The van der Waals surface area contributed by atoms with E-state index in [1.807, 2.05) is 0 Å². The Bertz CT molecular complexity index is 1040. The first-order chi connectivity index (χ1) is 15.0. The monoisotopic (exact) mass is 445 g/mol. The molecule has 0 radical (unpaired) electrons. The first kappa shape index (κ1) is 22.2. The van der Waals surface area contributed by atoms with Gasteiger partial charge in [-0.2, -0.15) is 0 Å². The van der Waals surface area contributed by atoms with Gasteiger partial charge in [0, 0.05) is 16.5 Å². The van der Waals surface area contributed by atoms with Gasteiger partial charge in [-0.3, -0.25) is 4.79 Å². The summed E-state index contributed by atoms with van der Waals surface area (Å²) in [5.74, 6) is 2.43. The van der Waals surface area contributed by atoms with Crippen LogP contribution in [0.3, 0.4) is 0 Å². The Labute approximate surface area is 184 Å². The van der Waals surface area contributed by atoms with E-state index in [9.17, 15) is 4.79 Å². The average molecular weight is 445 g/mol. The zero-order valence-corrected chi connectivity index (χ0v) is 18.9. The lowest BCUT2D eigenvalue weighted by Crippen LogP contribution is -2.04. The predicted octanol–water partition coefficient (Wildman–Crippen LogP) is 4.09. The molecule has 0 spiro atoms. The van der Waals surface area contributed by atoms with Crippen LogP contribution in [0.1, 0.15) is 16.1 Å². The third kappa shape index (κ3) is 4.22. The molecular weight excluding hydrogens is 422 g/mol. The molecule has 164 valence electrons. The Hall–Kier alpha value is -3.46. The summed E-state index contributed by atoms with van der Waals surface area (Å²) in [6.07, 6.45) is 0. The van der Waals surface area contributed by atoms with E-state index in [1.54, 1.807) is 43.9 Å². The van der Waals surface area contributed by atoms with Crippen molar-refractivity contribution in [3.63, 3.8) is 0 Å². The van der Waals surface area contributed by atoms with Crippen molar-refractivity contribution in [2.45, 2.75) is 0 Å². The lowest BCUT2D eigenvalue weighted by molar-refractivity contribution is 0.103. The minimum atomic E-state index is -0.269. The molecule has 2 aromatic carbocycles. The van der Waals surface area contributed by atoms with E-state index >= 15 is 0 Å². The van der Waals surface area contributed by atoms with E-state index in [4.69, 9.17) is 28.4 Å². The molecule has 0 amide bonds. The quantitative estimate of drug-likeness (QED) is 0.455. The molecule has 3 aromatic rings. The van der Waals surface area contributed by atoms with Crippen molar-refractivity contribution in [1.82, 2.24) is 4.98 Å². The van der Waals surface area contributed by atoms with Crippen molar-refractivity contribution >= 4 is 17.1 Å². The Morgan fingerprint density at radius 3 is 1.58 bits per heavy atom. The molecular formula is C22H23NO7S. The number of nitrogens with zero attached hydrogens (tertiary/aromatic N) is 1. The summed E-state index contributed by atoms with van der Waals surface area (Å²) < 4.78 is 32.2. The van der Waals surface area contributed by atoms with Gasteiger partial charge < -0.3 is 28.4 Å². The zero-order valence-electron chi connectivity index (χ0n) is 18.1. The van der Waals surface area contributed by atoms with Gasteiger partial charge in [0.15, 0.2) is 23.0 Å². The highest BCUT2D eigenvalue weighted by molar-refractivity contribution is 7.13. The number of ether oxygens (including phenoxy) is 6. The molecule has 8 nitrogen and oxygen atoms in total. The van der Waals surface area contributed by atoms with E-state index in [0.29, 0.717) is 50.8 Å². The van der Waals surface area contributed by atoms with Gasteiger partial charge in [-0.25, -0.2) is 4.98 Å². The van der Waals surface area contributed by atoms with Crippen LogP contribution in [0.25, 0.3) is 10.6 Å². The van der Waals surface area contributed by atoms with Gasteiger partial charge >= 0.3 is 0 Å². The molecule has 0 bridgehead atoms. The molecule has 31 heavy (non-hydrogen) atoms. The molecule has 9 heteroatoms. The third-order valence-corrected chi connectivity index (χ3v) is 5.47. The highest BCUT2D eigenvalue weighted by Gasteiger charge is 2.21. The molecule has 0 aliphatic carbocycles. The minimum Gasteiger partial charge on any atom is -0.493 e. The van der Waals surface area contributed by atoms with Crippen LogP contribution >= 0.6 is 11.3 Å². The van der Waals surface area contributed by atoms with E-state index in [1.165, 1.54) is 39.8 Å². The highest BCUT2D eigenvalue weighted by Crippen LogP contribution is 2.42. The van der Waals surface area contributed by atoms with Gasteiger partial charge in [-0.15, -0.1) is 11.3 Å². The van der Waals surface area contributed by atoms with Crippen molar-refractivity contribution in [3.8, 4) is 45.1 Å². The van der Waals surface area contributed by atoms with Crippen molar-refractivity contribution in [2.75, 3.05) is 42.7 Å². The van der Waals surface area contributed by atoms with Gasteiger partial charge in [0.1, 0.15) is 10.7 Å². The summed E-state index contributed by atoms with van der Waals surface area (Å²) in [6, 6.07) is 6.77. The van der Waals surface area contributed by atoms with Crippen LogP contribution < -0.4 is 28.4 Å². The van der Waals surface area contributed by atoms with Crippen molar-refractivity contribution in [3.05, 3.63) is 40.9 Å². The minimum absolute atomic E-state index is 0.269. The number of rotatable bonds is 9. The van der Waals surface area contributed by atoms with Crippen LogP contribution in [0.15, 0.2) is 29.6 Å². The van der Waals surface area contributed by atoms with Crippen LogP contribution in [0.2, 0.25) is 0 Å². The Morgan fingerprint density at radius 1 is 0.710 bits per heavy atom. The second-order valence-corrected chi connectivity index (χ2v) is 7.05. The van der Waals surface area contributed by atoms with Crippen molar-refractivity contribution in [1.29, 1.82) is 0 Å². The van der Waals surface area contributed by atoms with Crippen molar-refractivity contribution < 1.29 is 33.2 Å². The van der Waals surface area contributed by atoms with Crippen LogP contribution in [-0.2, 0) is 0 Å². The number of carbonyl (C=O) groups excluding carboxylic acids is 1. The summed E-state index contributed by atoms with van der Waals surface area (Å²) in [4.78, 5) is 17.6. The van der Waals surface area contributed by atoms with Gasteiger partial charge in [-0.1, -0.05) is 0 Å². The topological polar surface area (TPSA) is 85.3 Å². The molecule has 0 fully saturated rings. The van der Waals surface area contributed by atoms with Gasteiger partial charge in [0.25, 0.3) is 0 Å². The standard InChI is InChI=1S/C22H23NO7S/c1-25-15-7-12(8-16(26-2)20(15)29-5)19(24)14-11-31-22(23-14)13-9-17(27-3)21(30-6)18(10-13)28-4/h7-11H,1-6H3. The molecule has 0 saturated carbocycles. The number of methoxy groups -OCH3 is 6.